The molecule has 2 N–H and O–H groups in total. The van der Waals surface area contributed by atoms with Crippen molar-refractivity contribution in [3.63, 3.8) is 0 Å². The molecule has 1 heterocycles. The maximum absolute atomic E-state index is 12.2. The van der Waals surface area contributed by atoms with E-state index in [0.29, 0.717) is 27.0 Å². The molecule has 0 aliphatic heterocycles. The molecule has 8 heteroatoms. The summed E-state index contributed by atoms with van der Waals surface area (Å²) in [7, 11) is 1.57. The highest BCUT2D eigenvalue weighted by atomic mass is 32.2. The van der Waals surface area contributed by atoms with Gasteiger partial charge in [0.1, 0.15) is 17.1 Å². The quantitative estimate of drug-likeness (QED) is 0.646. The van der Waals surface area contributed by atoms with Crippen molar-refractivity contribution >= 4 is 39.4 Å². The number of benzene rings is 2. The van der Waals surface area contributed by atoms with Gasteiger partial charge in [-0.15, -0.1) is 11.3 Å². The molecule has 1 amide bonds. The summed E-state index contributed by atoms with van der Waals surface area (Å²) in [4.78, 5) is 16.8. The summed E-state index contributed by atoms with van der Waals surface area (Å²) in [6.07, 6.45) is 1.64. The first kappa shape index (κ1) is 17.3. The van der Waals surface area contributed by atoms with Crippen LogP contribution >= 0.6 is 11.3 Å². The fraction of sp³-hybridized carbons (Fsp3) is 0.0588. The van der Waals surface area contributed by atoms with E-state index in [1.807, 2.05) is 0 Å². The second-order valence-electron chi connectivity index (χ2n) is 4.92. The Labute approximate surface area is 152 Å². The summed E-state index contributed by atoms with van der Waals surface area (Å²) < 4.78 is 20.1. The van der Waals surface area contributed by atoms with Gasteiger partial charge in [-0.25, -0.2) is 4.98 Å². The number of hydrogen-bond acceptors (Lipinski definition) is 6. The highest BCUT2D eigenvalue weighted by Crippen LogP contribution is 2.20. The molecular formula is C17H15N3O3S2. The highest BCUT2D eigenvalue weighted by molar-refractivity contribution is 7.93. The second-order valence-corrected chi connectivity index (χ2v) is 7.02. The number of carbonyl (C=O) groups is 1. The molecule has 6 nitrogen and oxygen atoms in total. The number of carbonyl (C=O) groups excluding carboxylic acids is 1. The lowest BCUT2D eigenvalue weighted by Crippen LogP contribution is -2.14. The van der Waals surface area contributed by atoms with Gasteiger partial charge < -0.3 is 14.6 Å². The fourth-order valence-corrected chi connectivity index (χ4v) is 3.52. The standard InChI is InChI=1S/C17H15N3O3S2/c1-23-14-6-2-12(3-7-14)16(21)19-13-4-8-15(9-5-13)25(22)20-17-18-10-11-24-17/h2-11H,1H3,(H,18,20)(H,19,21). The minimum atomic E-state index is -1.40. The summed E-state index contributed by atoms with van der Waals surface area (Å²) in [5, 5.41) is 5.19. The maximum Gasteiger partial charge on any atom is 0.255 e. The first-order chi connectivity index (χ1) is 12.2. The normalized spacial score (nSPS) is 11.6. The van der Waals surface area contributed by atoms with Gasteiger partial charge in [0.15, 0.2) is 4.90 Å². The number of hydrogen-bond donors (Lipinski definition) is 2. The molecule has 0 saturated carbocycles. The van der Waals surface area contributed by atoms with Crippen molar-refractivity contribution in [2.45, 2.75) is 4.90 Å². The fourth-order valence-electron chi connectivity index (χ4n) is 2.02. The molecule has 0 aliphatic rings. The van der Waals surface area contributed by atoms with Crippen LogP contribution in [0, 0.1) is 0 Å². The van der Waals surface area contributed by atoms with Crippen molar-refractivity contribution in [1.82, 2.24) is 4.98 Å². The smallest absolute Gasteiger partial charge is 0.255 e. The van der Waals surface area contributed by atoms with Crippen LogP contribution < -0.4 is 14.8 Å². The molecule has 0 spiro atoms. The zero-order valence-electron chi connectivity index (χ0n) is 13.3. The van der Waals surface area contributed by atoms with Gasteiger partial charge in [0.25, 0.3) is 5.91 Å². The third-order valence-corrected chi connectivity index (χ3v) is 5.19. The summed E-state index contributed by atoms with van der Waals surface area (Å²) in [5.41, 5.74) is 1.15. The number of ether oxygens (including phenoxy) is 1. The van der Waals surface area contributed by atoms with Gasteiger partial charge in [0.2, 0.25) is 5.13 Å². The summed E-state index contributed by atoms with van der Waals surface area (Å²) in [6.45, 7) is 0. The Bertz CT molecular complexity index is 821. The average molecular weight is 373 g/mol. The van der Waals surface area contributed by atoms with Crippen LogP contribution in [0.2, 0.25) is 0 Å². The number of rotatable bonds is 6. The van der Waals surface area contributed by atoms with Crippen molar-refractivity contribution in [2.24, 2.45) is 0 Å². The van der Waals surface area contributed by atoms with Gasteiger partial charge in [0.05, 0.1) is 7.11 Å². The number of amides is 1. The van der Waals surface area contributed by atoms with Gasteiger partial charge in [0, 0.05) is 22.8 Å². The second kappa shape index (κ2) is 8.02. The van der Waals surface area contributed by atoms with Gasteiger partial charge in [-0.2, -0.15) is 4.72 Å². The molecule has 0 bridgehead atoms. The van der Waals surface area contributed by atoms with E-state index in [-0.39, 0.29) is 5.91 Å². The Morgan fingerprint density at radius 3 is 2.48 bits per heavy atom. The monoisotopic (exact) mass is 373 g/mol. The van der Waals surface area contributed by atoms with E-state index in [1.54, 1.807) is 67.2 Å². The van der Waals surface area contributed by atoms with E-state index in [0.717, 1.165) is 0 Å². The predicted molar refractivity (Wildman–Crippen MR) is 99.5 cm³/mol. The zero-order valence-corrected chi connectivity index (χ0v) is 14.9. The van der Waals surface area contributed by atoms with Crippen LogP contribution in [0.1, 0.15) is 10.4 Å². The lowest BCUT2D eigenvalue weighted by atomic mass is 10.2. The number of thiazole rings is 1. The van der Waals surface area contributed by atoms with E-state index >= 15 is 0 Å². The number of nitrogens with zero attached hydrogens (tertiary/aromatic N) is 1. The molecule has 128 valence electrons. The van der Waals surface area contributed by atoms with Gasteiger partial charge in [-0.3, -0.25) is 4.79 Å². The zero-order chi connectivity index (χ0) is 17.6. The van der Waals surface area contributed by atoms with Crippen molar-refractivity contribution in [2.75, 3.05) is 17.1 Å². The topological polar surface area (TPSA) is 86.3 Å². The maximum atomic E-state index is 12.2. The summed E-state index contributed by atoms with van der Waals surface area (Å²) >= 11 is -0.0257. The molecule has 1 unspecified atom stereocenters. The summed E-state index contributed by atoms with van der Waals surface area (Å²) in [6, 6.07) is 13.6. The molecule has 1 atom stereocenters. The predicted octanol–water partition coefficient (Wildman–Crippen LogP) is 3.54. The number of anilines is 2. The molecule has 0 fully saturated rings. The Balaban J connectivity index is 1.62. The molecule has 25 heavy (non-hydrogen) atoms. The molecule has 0 radical (unpaired) electrons. The van der Waals surface area contributed by atoms with Crippen molar-refractivity contribution in [1.29, 1.82) is 0 Å². The molecule has 3 rings (SSSR count). The van der Waals surface area contributed by atoms with Crippen molar-refractivity contribution in [3.8, 4) is 5.75 Å². The van der Waals surface area contributed by atoms with Crippen molar-refractivity contribution in [3.05, 3.63) is 65.7 Å². The van der Waals surface area contributed by atoms with Crippen LogP contribution in [-0.4, -0.2) is 22.6 Å². The van der Waals surface area contributed by atoms with Crippen LogP contribution in [0.3, 0.4) is 0 Å². The van der Waals surface area contributed by atoms with Gasteiger partial charge in [-0.1, -0.05) is 0 Å². The van der Waals surface area contributed by atoms with E-state index in [2.05, 4.69) is 15.0 Å². The number of nitrogens with one attached hydrogen (secondary N) is 2. The largest absolute Gasteiger partial charge is 0.588 e. The van der Waals surface area contributed by atoms with Crippen LogP contribution in [0.15, 0.2) is 65.0 Å². The minimum absolute atomic E-state index is 0.225. The van der Waals surface area contributed by atoms with E-state index in [9.17, 15) is 9.35 Å². The molecule has 0 aliphatic carbocycles. The van der Waals surface area contributed by atoms with Gasteiger partial charge >= 0.3 is 0 Å². The number of aromatic nitrogens is 1. The molecule has 0 saturated heterocycles. The van der Waals surface area contributed by atoms with Crippen molar-refractivity contribution < 1.29 is 14.1 Å². The van der Waals surface area contributed by atoms with Crippen LogP contribution in [-0.2, 0) is 11.4 Å². The molecular weight excluding hydrogens is 358 g/mol. The highest BCUT2D eigenvalue weighted by Gasteiger charge is 2.13. The Kier molecular flexibility index (Phi) is 5.54. The van der Waals surface area contributed by atoms with E-state index in [4.69, 9.17) is 4.74 Å². The third-order valence-electron chi connectivity index (χ3n) is 3.29. The van der Waals surface area contributed by atoms with Crippen LogP contribution in [0.5, 0.6) is 5.75 Å². The Hall–Kier alpha value is -2.55. The minimum Gasteiger partial charge on any atom is -0.588 e. The lowest BCUT2D eigenvalue weighted by molar-refractivity contribution is 0.102. The van der Waals surface area contributed by atoms with Crippen LogP contribution in [0.25, 0.3) is 0 Å². The summed E-state index contributed by atoms with van der Waals surface area (Å²) in [5.74, 6) is 0.466. The Morgan fingerprint density at radius 1 is 1.16 bits per heavy atom. The first-order valence-corrected chi connectivity index (χ1v) is 9.32. The Morgan fingerprint density at radius 2 is 1.88 bits per heavy atom. The van der Waals surface area contributed by atoms with Gasteiger partial charge in [-0.05, 0) is 48.5 Å². The van der Waals surface area contributed by atoms with E-state index in [1.165, 1.54) is 11.3 Å². The first-order valence-electron chi connectivity index (χ1n) is 7.29. The lowest BCUT2D eigenvalue weighted by Gasteiger charge is -2.10. The molecule has 2 aromatic carbocycles. The van der Waals surface area contributed by atoms with Crippen LogP contribution in [0.4, 0.5) is 10.8 Å². The molecule has 3 aromatic rings. The van der Waals surface area contributed by atoms with E-state index < -0.39 is 11.4 Å². The number of methoxy groups -OCH3 is 1. The third kappa shape index (κ3) is 4.50. The SMILES string of the molecule is COc1ccc(C(=O)Nc2ccc([S+]([O-])Nc3nccs3)cc2)cc1. The molecule has 1 aromatic heterocycles. The average Bonchev–Trinajstić information content (AvgIpc) is 3.15.